The molecule has 1 aliphatic heterocycles. The zero-order chi connectivity index (χ0) is 32.8. The number of benzene rings is 3. The van der Waals surface area contributed by atoms with Crippen molar-refractivity contribution in [1.29, 1.82) is 5.26 Å². The summed E-state index contributed by atoms with van der Waals surface area (Å²) < 4.78 is 34.9. The summed E-state index contributed by atoms with van der Waals surface area (Å²) in [5.41, 5.74) is 3.07. The summed E-state index contributed by atoms with van der Waals surface area (Å²) in [6.07, 6.45) is 2.94. The number of hydrogen-bond acceptors (Lipinski definition) is 8. The van der Waals surface area contributed by atoms with Gasteiger partial charge in [-0.25, -0.2) is 13.4 Å². The summed E-state index contributed by atoms with van der Waals surface area (Å²) >= 11 is 13.1. The molecule has 3 aromatic carbocycles. The SMILES string of the molecule is Cc1cnc2cccc(OCc3c(Cl)ccc(S(=O)(=O)N4CCC[C@H]4C(=O)NCCCNC(=O)c4ccc(C#N)cc4)c3Cl)c2n1. The lowest BCUT2D eigenvalue weighted by Crippen LogP contribution is -2.46. The Balaban J connectivity index is 1.21. The number of aryl methyl sites for hydroxylation is 1. The van der Waals surface area contributed by atoms with Gasteiger partial charge in [0.1, 0.15) is 28.8 Å². The predicted octanol–water partition coefficient (Wildman–Crippen LogP) is 4.79. The van der Waals surface area contributed by atoms with Crippen LogP contribution >= 0.6 is 23.2 Å². The molecule has 5 rings (SSSR count). The second-order valence-corrected chi connectivity index (χ2v) is 13.3. The maximum absolute atomic E-state index is 13.8. The summed E-state index contributed by atoms with van der Waals surface area (Å²) in [4.78, 5) is 34.1. The number of para-hydroxylation sites is 1. The number of aromatic nitrogens is 2. The summed E-state index contributed by atoms with van der Waals surface area (Å²) in [7, 11) is -4.18. The molecular weight excluding hydrogens is 651 g/mol. The van der Waals surface area contributed by atoms with Crippen LogP contribution in [-0.2, 0) is 21.4 Å². The molecule has 1 aliphatic rings. The quantitative estimate of drug-likeness (QED) is 0.215. The number of nitrogens with zero attached hydrogens (tertiary/aromatic N) is 4. The van der Waals surface area contributed by atoms with Crippen LogP contribution in [0, 0.1) is 18.3 Å². The number of nitriles is 1. The third-order valence-electron chi connectivity index (χ3n) is 7.49. The smallest absolute Gasteiger partial charge is 0.251 e. The summed E-state index contributed by atoms with van der Waals surface area (Å²) in [5.74, 6) is -0.283. The largest absolute Gasteiger partial charge is 0.486 e. The number of halogens is 2. The molecule has 0 radical (unpaired) electrons. The Morgan fingerprint density at radius 1 is 1.09 bits per heavy atom. The minimum absolute atomic E-state index is 0.0842. The fraction of sp³-hybridized carbons (Fsp3) is 0.281. The molecular formula is C32H30Cl2N6O5S. The number of nitrogens with one attached hydrogen (secondary N) is 2. The molecule has 0 bridgehead atoms. The second-order valence-electron chi connectivity index (χ2n) is 10.6. The third kappa shape index (κ3) is 7.24. The average Bonchev–Trinajstić information content (AvgIpc) is 3.56. The predicted molar refractivity (Wildman–Crippen MR) is 173 cm³/mol. The number of carbonyl (C=O) groups excluding carboxylic acids is 2. The van der Waals surface area contributed by atoms with E-state index in [4.69, 9.17) is 33.2 Å². The molecule has 2 heterocycles. The highest BCUT2D eigenvalue weighted by molar-refractivity contribution is 7.89. The number of amides is 2. The van der Waals surface area contributed by atoms with Gasteiger partial charge in [-0.3, -0.25) is 14.6 Å². The molecule has 14 heteroatoms. The van der Waals surface area contributed by atoms with E-state index in [1.807, 2.05) is 19.1 Å². The summed E-state index contributed by atoms with van der Waals surface area (Å²) in [5, 5.41) is 14.6. The first-order valence-corrected chi connectivity index (χ1v) is 16.7. The van der Waals surface area contributed by atoms with Gasteiger partial charge in [-0.05, 0) is 74.7 Å². The maximum Gasteiger partial charge on any atom is 0.251 e. The molecule has 2 amide bonds. The fourth-order valence-electron chi connectivity index (χ4n) is 5.10. The number of hydrogen-bond donors (Lipinski definition) is 2. The zero-order valence-corrected chi connectivity index (χ0v) is 27.1. The third-order valence-corrected chi connectivity index (χ3v) is 10.3. The van der Waals surface area contributed by atoms with Crippen LogP contribution in [0.1, 0.15) is 46.4 Å². The molecule has 0 unspecified atom stereocenters. The Kier molecular flexibility index (Phi) is 10.4. The molecule has 46 heavy (non-hydrogen) atoms. The first kappa shape index (κ1) is 33.1. The topological polar surface area (TPSA) is 154 Å². The summed E-state index contributed by atoms with van der Waals surface area (Å²) in [6.45, 7) is 2.37. The van der Waals surface area contributed by atoms with Crippen molar-refractivity contribution >= 4 is 56.1 Å². The maximum atomic E-state index is 13.8. The van der Waals surface area contributed by atoms with E-state index < -0.39 is 22.0 Å². The van der Waals surface area contributed by atoms with Gasteiger partial charge in [-0.1, -0.05) is 29.3 Å². The van der Waals surface area contributed by atoms with Crippen molar-refractivity contribution in [1.82, 2.24) is 24.9 Å². The van der Waals surface area contributed by atoms with Gasteiger partial charge in [0.2, 0.25) is 15.9 Å². The number of sulfonamides is 1. The van der Waals surface area contributed by atoms with Gasteiger partial charge in [0.25, 0.3) is 5.91 Å². The number of ether oxygens (including phenoxy) is 1. The Morgan fingerprint density at radius 2 is 1.85 bits per heavy atom. The Bertz CT molecular complexity index is 1930. The molecule has 238 valence electrons. The van der Waals surface area contributed by atoms with Gasteiger partial charge in [0.05, 0.1) is 27.9 Å². The van der Waals surface area contributed by atoms with Gasteiger partial charge in [-0.15, -0.1) is 0 Å². The normalized spacial score (nSPS) is 15.0. The Hall–Kier alpha value is -4.28. The van der Waals surface area contributed by atoms with Crippen molar-refractivity contribution in [3.05, 3.63) is 93.2 Å². The number of carbonyl (C=O) groups is 2. The standard InChI is InChI=1S/C32H30Cl2N6O5S/c1-20-18-38-25-5-2-7-27(30(25)39-20)45-19-23-24(33)12-13-28(29(23)34)46(43,44)40-16-3-6-26(40)32(42)37-15-4-14-36-31(41)22-10-8-21(17-35)9-11-22/h2,5,7-13,18,26H,3-4,6,14-16,19H2,1H3,(H,36,41)(H,37,42)/t26-/m0/s1. The molecule has 4 aromatic rings. The van der Waals surface area contributed by atoms with Crippen LogP contribution in [-0.4, -0.2) is 60.2 Å². The monoisotopic (exact) mass is 680 g/mol. The van der Waals surface area contributed by atoms with Gasteiger partial charge in [0.15, 0.2) is 0 Å². The molecule has 2 N–H and O–H groups in total. The molecule has 0 saturated carbocycles. The van der Waals surface area contributed by atoms with Gasteiger partial charge in [0, 0.05) is 42.0 Å². The Morgan fingerprint density at radius 3 is 2.61 bits per heavy atom. The molecule has 0 aliphatic carbocycles. The first-order valence-electron chi connectivity index (χ1n) is 14.5. The molecule has 1 saturated heterocycles. The Labute approximate surface area is 276 Å². The van der Waals surface area contributed by atoms with Crippen molar-refractivity contribution in [3.63, 3.8) is 0 Å². The first-order chi connectivity index (χ1) is 22.1. The highest BCUT2D eigenvalue weighted by Crippen LogP contribution is 2.36. The van der Waals surface area contributed by atoms with Crippen molar-refractivity contribution in [2.45, 2.75) is 43.7 Å². The van der Waals surface area contributed by atoms with E-state index >= 15 is 0 Å². The van der Waals surface area contributed by atoms with Gasteiger partial charge >= 0.3 is 0 Å². The van der Waals surface area contributed by atoms with E-state index in [-0.39, 0.29) is 46.1 Å². The van der Waals surface area contributed by atoms with Crippen molar-refractivity contribution in [2.24, 2.45) is 0 Å². The van der Waals surface area contributed by atoms with Crippen molar-refractivity contribution in [3.8, 4) is 11.8 Å². The van der Waals surface area contributed by atoms with Crippen LogP contribution in [0.2, 0.25) is 10.0 Å². The molecule has 11 nitrogen and oxygen atoms in total. The second kappa shape index (κ2) is 14.4. The zero-order valence-electron chi connectivity index (χ0n) is 24.8. The summed E-state index contributed by atoms with van der Waals surface area (Å²) in [6, 6.07) is 15.4. The van der Waals surface area contributed by atoms with E-state index in [0.29, 0.717) is 59.4 Å². The van der Waals surface area contributed by atoms with E-state index in [2.05, 4.69) is 20.6 Å². The van der Waals surface area contributed by atoms with E-state index in [1.165, 1.54) is 12.1 Å². The van der Waals surface area contributed by atoms with E-state index in [0.717, 1.165) is 4.31 Å². The average molecular weight is 682 g/mol. The number of fused-ring (bicyclic) bond motifs is 1. The lowest BCUT2D eigenvalue weighted by Gasteiger charge is -2.24. The minimum atomic E-state index is -4.18. The van der Waals surface area contributed by atoms with Crippen molar-refractivity contribution < 1.29 is 22.7 Å². The van der Waals surface area contributed by atoms with Crippen LogP contribution < -0.4 is 15.4 Å². The van der Waals surface area contributed by atoms with Gasteiger partial charge in [-0.2, -0.15) is 9.57 Å². The molecule has 1 aromatic heterocycles. The number of rotatable bonds is 11. The highest BCUT2D eigenvalue weighted by atomic mass is 35.5. The van der Waals surface area contributed by atoms with Crippen LogP contribution in [0.3, 0.4) is 0 Å². The van der Waals surface area contributed by atoms with Crippen LogP contribution in [0.4, 0.5) is 0 Å². The van der Waals surface area contributed by atoms with E-state index in [9.17, 15) is 18.0 Å². The molecule has 1 atom stereocenters. The minimum Gasteiger partial charge on any atom is -0.486 e. The van der Waals surface area contributed by atoms with Crippen LogP contribution in [0.5, 0.6) is 5.75 Å². The molecule has 1 fully saturated rings. The van der Waals surface area contributed by atoms with E-state index in [1.54, 1.807) is 42.6 Å². The lowest BCUT2D eigenvalue weighted by atomic mass is 10.1. The van der Waals surface area contributed by atoms with Gasteiger partial charge < -0.3 is 15.4 Å². The molecule has 0 spiro atoms. The van der Waals surface area contributed by atoms with Crippen LogP contribution in [0.15, 0.2) is 65.7 Å². The highest BCUT2D eigenvalue weighted by Gasteiger charge is 2.40. The lowest BCUT2D eigenvalue weighted by molar-refractivity contribution is -0.124. The van der Waals surface area contributed by atoms with Crippen LogP contribution in [0.25, 0.3) is 11.0 Å². The fourth-order valence-corrected chi connectivity index (χ4v) is 7.62. The van der Waals surface area contributed by atoms with Crippen molar-refractivity contribution in [2.75, 3.05) is 19.6 Å².